The van der Waals surface area contributed by atoms with Crippen molar-refractivity contribution in [3.8, 4) is 23.0 Å². The lowest BCUT2D eigenvalue weighted by Crippen LogP contribution is -2.08. The van der Waals surface area contributed by atoms with Gasteiger partial charge in [0.1, 0.15) is 5.57 Å². The number of phenols is 1. The van der Waals surface area contributed by atoms with Crippen LogP contribution in [0.25, 0.3) is 12.2 Å². The first kappa shape index (κ1) is 27.4. The second-order valence-electron chi connectivity index (χ2n) is 6.53. The van der Waals surface area contributed by atoms with E-state index in [1.165, 1.54) is 58.4 Å². The summed E-state index contributed by atoms with van der Waals surface area (Å²) in [5.74, 6) is -2.48. The van der Waals surface area contributed by atoms with E-state index in [-0.39, 0.29) is 17.1 Å². The van der Waals surface area contributed by atoms with E-state index in [1.54, 1.807) is 18.2 Å². The molecule has 0 aliphatic carbocycles. The van der Waals surface area contributed by atoms with Crippen molar-refractivity contribution in [3.05, 3.63) is 59.2 Å². The van der Waals surface area contributed by atoms with E-state index >= 15 is 0 Å². The number of carbonyl (C=O) groups is 4. The number of carboxylic acids is 2. The lowest BCUT2D eigenvalue weighted by Gasteiger charge is -2.08. The number of ketones is 1. The summed E-state index contributed by atoms with van der Waals surface area (Å²) in [4.78, 5) is 43.0. The van der Waals surface area contributed by atoms with Gasteiger partial charge in [-0.2, -0.15) is 0 Å². The highest BCUT2D eigenvalue weighted by atomic mass is 16.6. The minimum absolute atomic E-state index is 0.0515. The summed E-state index contributed by atoms with van der Waals surface area (Å²) < 4.78 is 14.8. The third-order valence-electron chi connectivity index (χ3n) is 3.98. The molecule has 0 amide bonds. The van der Waals surface area contributed by atoms with E-state index in [1.807, 2.05) is 0 Å². The maximum atomic E-state index is 11.1. The van der Waals surface area contributed by atoms with Gasteiger partial charge in [-0.15, -0.1) is 0 Å². The molecule has 10 heteroatoms. The zero-order chi connectivity index (χ0) is 25.8. The number of benzene rings is 2. The third-order valence-corrected chi connectivity index (χ3v) is 3.98. The van der Waals surface area contributed by atoms with Gasteiger partial charge in [0.25, 0.3) is 0 Å². The Morgan fingerprint density at radius 1 is 0.824 bits per heavy atom. The van der Waals surface area contributed by atoms with Crippen LogP contribution in [-0.2, 0) is 19.2 Å². The van der Waals surface area contributed by atoms with Gasteiger partial charge in [-0.25, -0.2) is 9.59 Å². The molecular weight excluding hydrogens is 448 g/mol. The molecule has 0 bridgehead atoms. The molecule has 10 nitrogen and oxygen atoms in total. The van der Waals surface area contributed by atoms with Crippen molar-refractivity contribution in [3.63, 3.8) is 0 Å². The molecule has 0 spiro atoms. The molecule has 0 aromatic heterocycles. The lowest BCUT2D eigenvalue weighted by atomic mass is 10.1. The van der Waals surface area contributed by atoms with E-state index in [0.29, 0.717) is 22.6 Å². The van der Waals surface area contributed by atoms with Gasteiger partial charge < -0.3 is 29.5 Å². The lowest BCUT2D eigenvalue weighted by molar-refractivity contribution is -0.134. The van der Waals surface area contributed by atoms with Crippen molar-refractivity contribution >= 4 is 35.8 Å². The second-order valence-corrected chi connectivity index (χ2v) is 6.53. The first-order valence-electron chi connectivity index (χ1n) is 9.58. The third kappa shape index (κ3) is 8.87. The first-order valence-corrected chi connectivity index (χ1v) is 9.58. The van der Waals surface area contributed by atoms with Gasteiger partial charge in [-0.1, -0.05) is 12.1 Å². The van der Waals surface area contributed by atoms with Gasteiger partial charge in [0.2, 0.25) is 0 Å². The molecule has 0 aliphatic heterocycles. The molecular formula is C24H24O10. The molecule has 0 atom stereocenters. The molecule has 3 N–H and O–H groups in total. The summed E-state index contributed by atoms with van der Waals surface area (Å²) in [6, 6.07) is 9.05. The molecule has 0 radical (unpaired) electrons. The fraction of sp³-hybridized carbons (Fsp3) is 0.167. The predicted molar refractivity (Wildman–Crippen MR) is 122 cm³/mol. The van der Waals surface area contributed by atoms with E-state index in [9.17, 15) is 24.3 Å². The molecule has 2 aromatic rings. The van der Waals surface area contributed by atoms with Crippen molar-refractivity contribution in [2.45, 2.75) is 13.8 Å². The summed E-state index contributed by atoms with van der Waals surface area (Å²) >= 11 is 0. The van der Waals surface area contributed by atoms with Crippen LogP contribution in [0.3, 0.4) is 0 Å². The standard InChI is InChI=1S/2C12H12O5/c1-8(13)17-10-5-3-9(4-6-12(14)15)7-11(10)16-2;1-7(13)9(12(15)16)5-8-3-4-10(14)11(6-8)17-2/h3-7H,1-2H3,(H,14,15);3-6,14H,1-2H3,(H,15,16). The minimum Gasteiger partial charge on any atom is -0.504 e. The average molecular weight is 472 g/mol. The number of aromatic hydroxyl groups is 1. The number of hydrogen-bond acceptors (Lipinski definition) is 8. The Balaban J connectivity index is 0.000000340. The van der Waals surface area contributed by atoms with Crippen molar-refractivity contribution < 1.29 is 48.7 Å². The van der Waals surface area contributed by atoms with Crippen molar-refractivity contribution in [1.29, 1.82) is 0 Å². The Kier molecular flexibility index (Phi) is 10.5. The number of methoxy groups -OCH3 is 2. The maximum absolute atomic E-state index is 11.1. The van der Waals surface area contributed by atoms with E-state index < -0.39 is 23.7 Å². The SMILES string of the molecule is COc1cc(C=C(C(C)=O)C(=O)O)ccc1O.COc1cc(C=CC(=O)O)ccc1OC(C)=O. The Hall–Kier alpha value is -4.60. The Bertz CT molecular complexity index is 1110. The van der Waals surface area contributed by atoms with Crippen LogP contribution in [0.15, 0.2) is 48.0 Å². The first-order chi connectivity index (χ1) is 16.0. The summed E-state index contributed by atoms with van der Waals surface area (Å²) in [5.41, 5.74) is 0.783. The van der Waals surface area contributed by atoms with Gasteiger partial charge in [-0.3, -0.25) is 9.59 Å². The van der Waals surface area contributed by atoms with Crippen LogP contribution < -0.4 is 14.2 Å². The highest BCUT2D eigenvalue weighted by Gasteiger charge is 2.13. The van der Waals surface area contributed by atoms with Crippen molar-refractivity contribution in [1.82, 2.24) is 0 Å². The number of carbonyl (C=O) groups excluding carboxylic acids is 2. The van der Waals surface area contributed by atoms with Gasteiger partial charge in [0.15, 0.2) is 28.8 Å². The van der Waals surface area contributed by atoms with Gasteiger partial charge in [0.05, 0.1) is 14.2 Å². The van der Waals surface area contributed by atoms with E-state index in [0.717, 1.165) is 6.08 Å². The van der Waals surface area contributed by atoms with Crippen LogP contribution in [0.5, 0.6) is 23.0 Å². The zero-order valence-electron chi connectivity index (χ0n) is 18.9. The van der Waals surface area contributed by atoms with Crippen LogP contribution in [0.2, 0.25) is 0 Å². The molecule has 34 heavy (non-hydrogen) atoms. The Morgan fingerprint density at radius 3 is 1.91 bits per heavy atom. The number of carboxylic acid groups (broad SMARTS) is 2. The average Bonchev–Trinajstić information content (AvgIpc) is 2.77. The monoisotopic (exact) mass is 472 g/mol. The van der Waals surface area contributed by atoms with Gasteiger partial charge >= 0.3 is 17.9 Å². The van der Waals surface area contributed by atoms with Crippen molar-refractivity contribution in [2.24, 2.45) is 0 Å². The summed E-state index contributed by atoms with van der Waals surface area (Å²) in [6.07, 6.45) is 3.66. The largest absolute Gasteiger partial charge is 0.504 e. The molecule has 180 valence electrons. The number of hydrogen-bond donors (Lipinski definition) is 3. The Morgan fingerprint density at radius 2 is 1.41 bits per heavy atom. The molecule has 0 unspecified atom stereocenters. The molecule has 0 fully saturated rings. The van der Waals surface area contributed by atoms with Crippen LogP contribution >= 0.6 is 0 Å². The van der Waals surface area contributed by atoms with Gasteiger partial charge in [-0.05, 0) is 54.5 Å². The molecule has 0 saturated heterocycles. The number of Topliss-reactive ketones (excluding diaryl/α,β-unsaturated/α-hetero) is 1. The van der Waals surface area contributed by atoms with Crippen LogP contribution in [0.1, 0.15) is 25.0 Å². The summed E-state index contributed by atoms with van der Waals surface area (Å²) in [5, 5.41) is 26.7. The number of aliphatic carboxylic acids is 2. The highest BCUT2D eigenvalue weighted by molar-refractivity contribution is 6.19. The number of esters is 1. The van der Waals surface area contributed by atoms with E-state index in [2.05, 4.69) is 0 Å². The second kappa shape index (κ2) is 13.1. The maximum Gasteiger partial charge on any atom is 0.339 e. The fourth-order valence-electron chi connectivity index (χ4n) is 2.46. The summed E-state index contributed by atoms with van der Waals surface area (Å²) in [7, 11) is 2.82. The normalized spacial score (nSPS) is 10.6. The van der Waals surface area contributed by atoms with Gasteiger partial charge in [0, 0.05) is 13.0 Å². The number of ether oxygens (including phenoxy) is 3. The number of rotatable bonds is 8. The smallest absolute Gasteiger partial charge is 0.339 e. The minimum atomic E-state index is -1.29. The van der Waals surface area contributed by atoms with Crippen LogP contribution in [0.4, 0.5) is 0 Å². The summed E-state index contributed by atoms with van der Waals surface area (Å²) in [6.45, 7) is 2.47. The molecule has 0 saturated carbocycles. The predicted octanol–water partition coefficient (Wildman–Crippen LogP) is 3.18. The fourth-order valence-corrected chi connectivity index (χ4v) is 2.46. The quantitative estimate of drug-likeness (QED) is 0.171. The molecule has 0 heterocycles. The highest BCUT2D eigenvalue weighted by Crippen LogP contribution is 2.29. The molecule has 0 aliphatic rings. The van der Waals surface area contributed by atoms with E-state index in [4.69, 9.17) is 24.4 Å². The Labute approximate surface area is 195 Å². The molecule has 2 aromatic carbocycles. The van der Waals surface area contributed by atoms with Crippen molar-refractivity contribution in [2.75, 3.05) is 14.2 Å². The zero-order valence-corrected chi connectivity index (χ0v) is 18.9. The number of phenolic OH excluding ortho intramolecular Hbond substituents is 1. The topological polar surface area (TPSA) is 157 Å². The molecule has 2 rings (SSSR count). The van der Waals surface area contributed by atoms with Crippen LogP contribution in [-0.4, -0.2) is 53.2 Å². The van der Waals surface area contributed by atoms with Crippen LogP contribution in [0, 0.1) is 0 Å².